The molecule has 1 saturated heterocycles. The van der Waals surface area contributed by atoms with Gasteiger partial charge in [-0.05, 0) is 24.6 Å². The molecule has 1 heterocycles. The molecule has 0 radical (unpaired) electrons. The Morgan fingerprint density at radius 2 is 1.93 bits per heavy atom. The van der Waals surface area contributed by atoms with E-state index in [0.717, 1.165) is 4.47 Å². The molecule has 0 aromatic heterocycles. The molecule has 0 amide bonds. The fourth-order valence-electron chi connectivity index (χ4n) is 1.83. The molecule has 2 nitrogen and oxygen atoms in total. The Morgan fingerprint density at radius 3 is 2.40 bits per heavy atom. The Labute approximate surface area is 104 Å². The second-order valence-corrected chi connectivity index (χ2v) is 4.82. The molecule has 0 spiro atoms. The second-order valence-electron chi connectivity index (χ2n) is 3.91. The fraction of sp³-hybridized carbons (Fsp3) is 0.364. The van der Waals surface area contributed by atoms with E-state index in [4.69, 9.17) is 0 Å². The van der Waals surface area contributed by atoms with Crippen LogP contribution in [-0.2, 0) is 10.3 Å². The number of Topliss-reactive ketones (excluding diaryl/α,β-unsaturated/α-hetero) is 1. The van der Waals surface area contributed by atoms with E-state index in [0.29, 0.717) is 13.0 Å². The molecule has 4 heteroatoms. The van der Waals surface area contributed by atoms with Crippen molar-refractivity contribution in [2.45, 2.75) is 18.9 Å². The summed E-state index contributed by atoms with van der Waals surface area (Å²) in [6.45, 7) is 2.56. The van der Waals surface area contributed by atoms with Gasteiger partial charge in [-0.1, -0.05) is 28.1 Å². The van der Waals surface area contributed by atoms with Crippen molar-refractivity contribution in [2.75, 3.05) is 6.54 Å². The number of ketones is 1. The van der Waals surface area contributed by atoms with Crippen molar-refractivity contribution in [1.82, 2.24) is 5.32 Å². The van der Waals surface area contributed by atoms with E-state index in [-0.39, 0.29) is 23.7 Å². The number of halogens is 2. The van der Waals surface area contributed by atoms with Gasteiger partial charge in [0.15, 0.2) is 0 Å². The molecule has 1 aliphatic rings. The first-order valence-corrected chi connectivity index (χ1v) is 5.42. The number of carbonyl (C=O) groups is 1. The van der Waals surface area contributed by atoms with E-state index in [1.165, 1.54) is 5.56 Å². The van der Waals surface area contributed by atoms with Gasteiger partial charge in [0.1, 0.15) is 5.78 Å². The maximum absolute atomic E-state index is 11.2. The van der Waals surface area contributed by atoms with Crippen LogP contribution >= 0.6 is 28.3 Å². The maximum atomic E-state index is 11.2. The minimum atomic E-state index is -0.169. The summed E-state index contributed by atoms with van der Waals surface area (Å²) in [6.07, 6.45) is 0.592. The SMILES string of the molecule is CC1(c2ccc(Br)cc2)CC(=O)CN1.Cl. The molecular formula is C11H13BrClNO. The standard InChI is InChI=1S/C11H12BrNO.ClH/c1-11(6-10(14)7-13-11)8-2-4-9(12)5-3-8;/h2-5,13H,6-7H2,1H3;1H. The molecular weight excluding hydrogens is 277 g/mol. The molecule has 1 N–H and O–H groups in total. The molecule has 2 rings (SSSR count). The van der Waals surface area contributed by atoms with Crippen LogP contribution in [0.1, 0.15) is 18.9 Å². The normalized spacial score (nSPS) is 25.1. The quantitative estimate of drug-likeness (QED) is 0.861. The lowest BCUT2D eigenvalue weighted by Crippen LogP contribution is -2.32. The van der Waals surface area contributed by atoms with Crippen LogP contribution in [-0.4, -0.2) is 12.3 Å². The van der Waals surface area contributed by atoms with Crippen LogP contribution in [0.25, 0.3) is 0 Å². The summed E-state index contributed by atoms with van der Waals surface area (Å²) in [6, 6.07) is 8.11. The van der Waals surface area contributed by atoms with Crippen LogP contribution < -0.4 is 5.32 Å². The summed E-state index contributed by atoms with van der Waals surface area (Å²) in [5.41, 5.74) is 1.00. The van der Waals surface area contributed by atoms with Crippen molar-refractivity contribution in [2.24, 2.45) is 0 Å². The molecule has 1 unspecified atom stereocenters. The first-order chi connectivity index (χ1) is 6.60. The third-order valence-electron chi connectivity index (χ3n) is 2.71. The van der Waals surface area contributed by atoms with Crippen molar-refractivity contribution in [3.63, 3.8) is 0 Å². The van der Waals surface area contributed by atoms with E-state index in [2.05, 4.69) is 40.3 Å². The van der Waals surface area contributed by atoms with Gasteiger partial charge in [0.05, 0.1) is 6.54 Å². The van der Waals surface area contributed by atoms with Crippen molar-refractivity contribution >= 4 is 34.1 Å². The van der Waals surface area contributed by atoms with E-state index < -0.39 is 0 Å². The van der Waals surface area contributed by atoms with Crippen LogP contribution in [0, 0.1) is 0 Å². The van der Waals surface area contributed by atoms with Crippen molar-refractivity contribution in [1.29, 1.82) is 0 Å². The first kappa shape index (κ1) is 12.7. The lowest BCUT2D eigenvalue weighted by Gasteiger charge is -2.23. The molecule has 1 aromatic carbocycles. The summed E-state index contributed by atoms with van der Waals surface area (Å²) < 4.78 is 1.06. The van der Waals surface area contributed by atoms with E-state index in [1.807, 2.05) is 12.1 Å². The van der Waals surface area contributed by atoms with Crippen molar-refractivity contribution in [3.8, 4) is 0 Å². The van der Waals surface area contributed by atoms with E-state index in [1.54, 1.807) is 0 Å². The maximum Gasteiger partial charge on any atom is 0.148 e. The minimum Gasteiger partial charge on any atom is -0.300 e. The Hall–Kier alpha value is -0.380. The van der Waals surface area contributed by atoms with Gasteiger partial charge >= 0.3 is 0 Å². The molecule has 1 fully saturated rings. The molecule has 1 aromatic rings. The molecule has 0 saturated carbocycles. The van der Waals surface area contributed by atoms with Gasteiger partial charge in [0.25, 0.3) is 0 Å². The molecule has 1 atom stereocenters. The lowest BCUT2D eigenvalue weighted by atomic mass is 9.90. The monoisotopic (exact) mass is 289 g/mol. The molecule has 82 valence electrons. The average molecular weight is 291 g/mol. The van der Waals surface area contributed by atoms with Crippen LogP contribution in [0.2, 0.25) is 0 Å². The zero-order valence-electron chi connectivity index (χ0n) is 8.42. The topological polar surface area (TPSA) is 29.1 Å². The molecule has 0 bridgehead atoms. The third-order valence-corrected chi connectivity index (χ3v) is 3.24. The van der Waals surface area contributed by atoms with Crippen molar-refractivity contribution in [3.05, 3.63) is 34.3 Å². The minimum absolute atomic E-state index is 0. The zero-order chi connectivity index (χ0) is 10.2. The number of rotatable bonds is 1. The highest BCUT2D eigenvalue weighted by atomic mass is 79.9. The summed E-state index contributed by atoms with van der Waals surface area (Å²) in [5, 5.41) is 3.25. The fourth-order valence-corrected chi connectivity index (χ4v) is 2.10. The predicted octanol–water partition coefficient (Wildman–Crippen LogP) is 2.65. The smallest absolute Gasteiger partial charge is 0.148 e. The highest BCUT2D eigenvalue weighted by molar-refractivity contribution is 9.10. The van der Waals surface area contributed by atoms with Gasteiger partial charge in [-0.25, -0.2) is 0 Å². The zero-order valence-corrected chi connectivity index (χ0v) is 10.8. The number of benzene rings is 1. The second kappa shape index (κ2) is 4.64. The van der Waals surface area contributed by atoms with Gasteiger partial charge in [0.2, 0.25) is 0 Å². The predicted molar refractivity (Wildman–Crippen MR) is 66.4 cm³/mol. The Morgan fingerprint density at radius 1 is 1.33 bits per heavy atom. The Balaban J connectivity index is 0.00000112. The van der Waals surface area contributed by atoms with Gasteiger partial charge in [-0.2, -0.15) is 0 Å². The van der Waals surface area contributed by atoms with Gasteiger partial charge < -0.3 is 5.32 Å². The van der Waals surface area contributed by atoms with E-state index in [9.17, 15) is 4.79 Å². The third kappa shape index (κ3) is 2.60. The van der Waals surface area contributed by atoms with Gasteiger partial charge in [-0.15, -0.1) is 12.4 Å². The average Bonchev–Trinajstić information content (AvgIpc) is 2.48. The van der Waals surface area contributed by atoms with Crippen LogP contribution in [0.15, 0.2) is 28.7 Å². The highest BCUT2D eigenvalue weighted by Gasteiger charge is 2.34. The molecule has 15 heavy (non-hydrogen) atoms. The molecule has 0 aliphatic carbocycles. The molecule has 1 aliphatic heterocycles. The summed E-state index contributed by atoms with van der Waals surface area (Å²) >= 11 is 3.40. The van der Waals surface area contributed by atoms with E-state index >= 15 is 0 Å². The van der Waals surface area contributed by atoms with Gasteiger partial charge in [0, 0.05) is 16.4 Å². The van der Waals surface area contributed by atoms with Crippen LogP contribution in [0.3, 0.4) is 0 Å². The Kier molecular flexibility index (Phi) is 3.93. The number of carbonyl (C=O) groups excluding carboxylic acids is 1. The lowest BCUT2D eigenvalue weighted by molar-refractivity contribution is -0.116. The highest BCUT2D eigenvalue weighted by Crippen LogP contribution is 2.29. The van der Waals surface area contributed by atoms with Crippen LogP contribution in [0.5, 0.6) is 0 Å². The Bertz CT molecular complexity index is 365. The summed E-state index contributed by atoms with van der Waals surface area (Å²) in [4.78, 5) is 11.2. The first-order valence-electron chi connectivity index (χ1n) is 4.63. The largest absolute Gasteiger partial charge is 0.300 e. The number of hydrogen-bond acceptors (Lipinski definition) is 2. The van der Waals surface area contributed by atoms with Crippen molar-refractivity contribution < 1.29 is 4.79 Å². The summed E-state index contributed by atoms with van der Waals surface area (Å²) in [7, 11) is 0. The number of hydrogen-bond donors (Lipinski definition) is 1. The van der Waals surface area contributed by atoms with Crippen LogP contribution in [0.4, 0.5) is 0 Å². The van der Waals surface area contributed by atoms with Gasteiger partial charge in [-0.3, -0.25) is 4.79 Å². The number of nitrogens with one attached hydrogen (secondary N) is 1. The summed E-state index contributed by atoms with van der Waals surface area (Å²) in [5.74, 6) is 0.287.